The van der Waals surface area contributed by atoms with Crippen LogP contribution in [0.15, 0.2) is 24.3 Å². The molecule has 0 spiro atoms. The lowest BCUT2D eigenvalue weighted by atomic mass is 9.99. The Labute approximate surface area is 144 Å². The molecular weight excluding hydrogens is 302 g/mol. The molecule has 0 aliphatic carbocycles. The van der Waals surface area contributed by atoms with Gasteiger partial charge in [-0.1, -0.05) is 6.92 Å². The summed E-state index contributed by atoms with van der Waals surface area (Å²) in [5.74, 6) is 0.245. The highest BCUT2D eigenvalue weighted by atomic mass is 16.2. The molecule has 1 aliphatic rings. The summed E-state index contributed by atoms with van der Waals surface area (Å²) in [4.78, 5) is 26.1. The number of hydrogen-bond acceptors (Lipinski definition) is 3. The molecule has 5 heteroatoms. The van der Waals surface area contributed by atoms with Gasteiger partial charge in [0.2, 0.25) is 11.8 Å². The summed E-state index contributed by atoms with van der Waals surface area (Å²) in [6, 6.07) is 7.85. The van der Waals surface area contributed by atoms with Crippen LogP contribution in [0.5, 0.6) is 0 Å². The largest absolute Gasteiger partial charge is 0.372 e. The molecule has 1 saturated heterocycles. The molecular formula is C19H29N3O2. The van der Waals surface area contributed by atoms with E-state index in [0.29, 0.717) is 0 Å². The van der Waals surface area contributed by atoms with E-state index in [2.05, 4.69) is 22.5 Å². The SMILES string of the molecule is CC1CCN(c2ccc(NC(=O)CC(=O)NC(C)(C)C)cc2)CC1. The second-order valence-corrected chi connectivity index (χ2v) is 7.74. The van der Waals surface area contributed by atoms with Crippen LogP contribution < -0.4 is 15.5 Å². The number of carbonyl (C=O) groups excluding carboxylic acids is 2. The molecule has 24 heavy (non-hydrogen) atoms. The van der Waals surface area contributed by atoms with Crippen LogP contribution >= 0.6 is 0 Å². The van der Waals surface area contributed by atoms with E-state index in [4.69, 9.17) is 0 Å². The lowest BCUT2D eigenvalue weighted by Crippen LogP contribution is -2.41. The zero-order valence-electron chi connectivity index (χ0n) is 15.2. The van der Waals surface area contributed by atoms with Gasteiger partial charge in [0, 0.05) is 30.0 Å². The summed E-state index contributed by atoms with van der Waals surface area (Å²) in [5.41, 5.74) is 1.58. The molecule has 1 aromatic rings. The number of anilines is 2. The maximum absolute atomic E-state index is 11.9. The molecule has 1 fully saturated rings. The lowest BCUT2D eigenvalue weighted by Gasteiger charge is -2.32. The van der Waals surface area contributed by atoms with Gasteiger partial charge in [0.05, 0.1) is 0 Å². The second kappa shape index (κ2) is 7.69. The van der Waals surface area contributed by atoms with E-state index in [1.165, 1.54) is 18.5 Å². The van der Waals surface area contributed by atoms with Gasteiger partial charge in [-0.25, -0.2) is 0 Å². The molecule has 0 bridgehead atoms. The van der Waals surface area contributed by atoms with Crippen molar-refractivity contribution in [1.29, 1.82) is 0 Å². The fourth-order valence-electron chi connectivity index (χ4n) is 2.84. The van der Waals surface area contributed by atoms with E-state index in [1.54, 1.807) is 0 Å². The van der Waals surface area contributed by atoms with Crippen LogP contribution in [-0.2, 0) is 9.59 Å². The summed E-state index contributed by atoms with van der Waals surface area (Å²) in [6.07, 6.45) is 2.28. The number of nitrogens with zero attached hydrogens (tertiary/aromatic N) is 1. The molecule has 2 amide bonds. The van der Waals surface area contributed by atoms with E-state index in [1.807, 2.05) is 45.0 Å². The highest BCUT2D eigenvalue weighted by Crippen LogP contribution is 2.24. The minimum atomic E-state index is -0.328. The first-order valence-electron chi connectivity index (χ1n) is 8.69. The Morgan fingerprint density at radius 2 is 1.67 bits per heavy atom. The molecule has 0 radical (unpaired) electrons. The summed E-state index contributed by atoms with van der Waals surface area (Å²) in [7, 11) is 0. The summed E-state index contributed by atoms with van der Waals surface area (Å²) < 4.78 is 0. The van der Waals surface area contributed by atoms with Gasteiger partial charge in [0.1, 0.15) is 6.42 Å². The van der Waals surface area contributed by atoms with Gasteiger partial charge in [-0.15, -0.1) is 0 Å². The van der Waals surface area contributed by atoms with Crippen LogP contribution in [0.25, 0.3) is 0 Å². The number of piperidine rings is 1. The lowest BCUT2D eigenvalue weighted by molar-refractivity contribution is -0.127. The van der Waals surface area contributed by atoms with Gasteiger partial charge >= 0.3 is 0 Å². The molecule has 0 unspecified atom stereocenters. The standard InChI is InChI=1S/C19H29N3O2/c1-14-9-11-22(12-10-14)16-7-5-15(6-8-16)20-17(23)13-18(24)21-19(2,3)4/h5-8,14H,9-13H2,1-4H3,(H,20,23)(H,21,24). The minimum Gasteiger partial charge on any atom is -0.372 e. The van der Waals surface area contributed by atoms with Crippen LogP contribution in [0.3, 0.4) is 0 Å². The first-order valence-corrected chi connectivity index (χ1v) is 8.69. The Morgan fingerprint density at radius 3 is 2.21 bits per heavy atom. The molecule has 1 heterocycles. The molecule has 1 aliphatic heterocycles. The summed E-state index contributed by atoms with van der Waals surface area (Å²) >= 11 is 0. The Bertz CT molecular complexity index is 567. The van der Waals surface area contributed by atoms with Crippen molar-refractivity contribution in [3.05, 3.63) is 24.3 Å². The average Bonchev–Trinajstić information content (AvgIpc) is 2.46. The van der Waals surface area contributed by atoms with Crippen molar-refractivity contribution in [3.63, 3.8) is 0 Å². The van der Waals surface area contributed by atoms with Crippen LogP contribution in [0.4, 0.5) is 11.4 Å². The Morgan fingerprint density at radius 1 is 1.08 bits per heavy atom. The Hall–Kier alpha value is -2.04. The van der Waals surface area contributed by atoms with Crippen molar-refractivity contribution < 1.29 is 9.59 Å². The first-order chi connectivity index (χ1) is 11.2. The number of amides is 2. The van der Waals surface area contributed by atoms with Gasteiger partial charge in [-0.05, 0) is 63.8 Å². The number of carbonyl (C=O) groups is 2. The Kier molecular flexibility index (Phi) is 5.86. The summed E-state index contributed by atoms with van der Waals surface area (Å²) in [5, 5.41) is 5.56. The molecule has 0 atom stereocenters. The highest BCUT2D eigenvalue weighted by Gasteiger charge is 2.17. The Balaban J connectivity index is 1.85. The van der Waals surface area contributed by atoms with Gasteiger partial charge in [0.25, 0.3) is 0 Å². The molecule has 0 aromatic heterocycles. The monoisotopic (exact) mass is 331 g/mol. The van der Waals surface area contributed by atoms with Crippen molar-refractivity contribution in [2.24, 2.45) is 5.92 Å². The van der Waals surface area contributed by atoms with Gasteiger partial charge in [0.15, 0.2) is 0 Å². The van der Waals surface area contributed by atoms with Crippen LogP contribution in [0.1, 0.15) is 47.0 Å². The molecule has 2 N–H and O–H groups in total. The maximum atomic E-state index is 11.9. The van der Waals surface area contributed by atoms with E-state index < -0.39 is 0 Å². The predicted molar refractivity (Wildman–Crippen MR) is 98.2 cm³/mol. The zero-order chi connectivity index (χ0) is 17.7. The van der Waals surface area contributed by atoms with Crippen molar-refractivity contribution >= 4 is 23.2 Å². The average molecular weight is 331 g/mol. The second-order valence-electron chi connectivity index (χ2n) is 7.74. The van der Waals surface area contributed by atoms with Gasteiger partial charge in [-0.2, -0.15) is 0 Å². The number of hydrogen-bond donors (Lipinski definition) is 2. The molecule has 2 rings (SSSR count). The van der Waals surface area contributed by atoms with Gasteiger partial charge < -0.3 is 15.5 Å². The predicted octanol–water partition coefficient (Wildman–Crippen LogP) is 3.17. The third-order valence-corrected chi connectivity index (χ3v) is 4.14. The molecule has 0 saturated carbocycles. The van der Waals surface area contributed by atoms with Crippen molar-refractivity contribution in [3.8, 4) is 0 Å². The fourth-order valence-corrected chi connectivity index (χ4v) is 2.84. The minimum absolute atomic E-state index is 0.164. The topological polar surface area (TPSA) is 61.4 Å². The van der Waals surface area contributed by atoms with Crippen molar-refractivity contribution in [2.75, 3.05) is 23.3 Å². The van der Waals surface area contributed by atoms with Crippen LogP contribution in [0, 0.1) is 5.92 Å². The van der Waals surface area contributed by atoms with Crippen molar-refractivity contribution in [1.82, 2.24) is 5.32 Å². The molecule has 1 aromatic carbocycles. The van der Waals surface area contributed by atoms with Crippen LogP contribution in [0.2, 0.25) is 0 Å². The number of nitrogens with one attached hydrogen (secondary N) is 2. The van der Waals surface area contributed by atoms with E-state index in [-0.39, 0.29) is 23.8 Å². The van der Waals surface area contributed by atoms with Crippen LogP contribution in [-0.4, -0.2) is 30.4 Å². The zero-order valence-corrected chi connectivity index (χ0v) is 15.2. The molecule has 5 nitrogen and oxygen atoms in total. The summed E-state index contributed by atoms with van der Waals surface area (Å²) in [6.45, 7) is 10.1. The first kappa shape index (κ1) is 18.3. The fraction of sp³-hybridized carbons (Fsp3) is 0.579. The quantitative estimate of drug-likeness (QED) is 0.833. The van der Waals surface area contributed by atoms with E-state index >= 15 is 0 Å². The van der Waals surface area contributed by atoms with E-state index in [0.717, 1.165) is 24.7 Å². The number of benzene rings is 1. The third-order valence-electron chi connectivity index (χ3n) is 4.14. The van der Waals surface area contributed by atoms with Gasteiger partial charge in [-0.3, -0.25) is 9.59 Å². The van der Waals surface area contributed by atoms with Crippen molar-refractivity contribution in [2.45, 2.75) is 52.5 Å². The van der Waals surface area contributed by atoms with E-state index in [9.17, 15) is 9.59 Å². The highest BCUT2D eigenvalue weighted by molar-refractivity contribution is 6.03. The maximum Gasteiger partial charge on any atom is 0.233 e. The smallest absolute Gasteiger partial charge is 0.233 e. The third kappa shape index (κ3) is 5.87. The number of rotatable bonds is 4. The normalized spacial score (nSPS) is 15.9. The molecule has 132 valence electrons.